The van der Waals surface area contributed by atoms with E-state index >= 15 is 0 Å². The minimum Gasteiger partial charge on any atom is -0.495 e. The third-order valence-electron chi connectivity index (χ3n) is 4.43. The van der Waals surface area contributed by atoms with Crippen LogP contribution >= 0.6 is 0 Å². The molecule has 1 N–H and O–H groups in total. The summed E-state index contributed by atoms with van der Waals surface area (Å²) in [6, 6.07) is 8.12. The molecule has 0 radical (unpaired) electrons. The lowest BCUT2D eigenvalue weighted by Gasteiger charge is -2.38. The van der Waals surface area contributed by atoms with E-state index in [9.17, 15) is 4.79 Å². The molecule has 1 fully saturated rings. The number of carbonyl (C=O) groups is 1. The summed E-state index contributed by atoms with van der Waals surface area (Å²) in [5.74, 6) is 1.90. The molecule has 1 saturated heterocycles. The summed E-state index contributed by atoms with van der Waals surface area (Å²) >= 11 is 0. The highest BCUT2D eigenvalue weighted by molar-refractivity contribution is 5.81. The SMILES string of the molecule is CCNC(=NCCC(=O)N(C)C)N1CCN(c2ccccc2OC)CC1. The number of benzene rings is 1. The molecule has 0 spiro atoms. The molecule has 0 aliphatic carbocycles. The Morgan fingerprint density at radius 1 is 1.23 bits per heavy atom. The van der Waals surface area contributed by atoms with E-state index in [1.165, 1.54) is 0 Å². The summed E-state index contributed by atoms with van der Waals surface area (Å²) in [6.07, 6.45) is 0.434. The molecule has 0 atom stereocenters. The first kappa shape index (κ1) is 19.9. The molecule has 1 aromatic carbocycles. The van der Waals surface area contributed by atoms with Gasteiger partial charge < -0.3 is 24.8 Å². The summed E-state index contributed by atoms with van der Waals surface area (Å²) in [6.45, 7) is 6.95. The summed E-state index contributed by atoms with van der Waals surface area (Å²) in [5.41, 5.74) is 1.13. The van der Waals surface area contributed by atoms with Crippen molar-refractivity contribution in [1.82, 2.24) is 15.1 Å². The monoisotopic (exact) mass is 361 g/mol. The molecule has 144 valence electrons. The minimum absolute atomic E-state index is 0.102. The fourth-order valence-electron chi connectivity index (χ4n) is 2.96. The van der Waals surface area contributed by atoms with E-state index in [-0.39, 0.29) is 5.91 Å². The zero-order valence-corrected chi connectivity index (χ0v) is 16.4. The second-order valence-corrected chi connectivity index (χ2v) is 6.42. The number of para-hydroxylation sites is 2. The number of anilines is 1. The van der Waals surface area contributed by atoms with E-state index in [4.69, 9.17) is 4.74 Å². The Kier molecular flexibility index (Phi) is 7.56. The van der Waals surface area contributed by atoms with Crippen LogP contribution in [0.25, 0.3) is 0 Å². The Morgan fingerprint density at radius 3 is 2.54 bits per heavy atom. The highest BCUT2D eigenvalue weighted by Crippen LogP contribution is 2.28. The number of guanidine groups is 1. The number of piperazine rings is 1. The van der Waals surface area contributed by atoms with Crippen LogP contribution in [0.5, 0.6) is 5.75 Å². The third kappa shape index (κ3) is 5.28. The van der Waals surface area contributed by atoms with Crippen molar-refractivity contribution >= 4 is 17.6 Å². The summed E-state index contributed by atoms with van der Waals surface area (Å²) in [7, 11) is 5.25. The molecule has 0 bridgehead atoms. The number of hydrogen-bond acceptors (Lipinski definition) is 4. The van der Waals surface area contributed by atoms with Crippen molar-refractivity contribution in [3.05, 3.63) is 24.3 Å². The van der Waals surface area contributed by atoms with Gasteiger partial charge in [-0.05, 0) is 19.1 Å². The van der Waals surface area contributed by atoms with Crippen LogP contribution in [0.2, 0.25) is 0 Å². The van der Waals surface area contributed by atoms with E-state index in [0.717, 1.165) is 50.1 Å². The van der Waals surface area contributed by atoms with Crippen molar-refractivity contribution in [1.29, 1.82) is 0 Å². The van der Waals surface area contributed by atoms with Gasteiger partial charge >= 0.3 is 0 Å². The number of amides is 1. The quantitative estimate of drug-likeness (QED) is 0.611. The maximum Gasteiger partial charge on any atom is 0.223 e. The molecule has 1 amide bonds. The van der Waals surface area contributed by atoms with Crippen LogP contribution in [0.3, 0.4) is 0 Å². The second kappa shape index (κ2) is 9.89. The lowest BCUT2D eigenvalue weighted by molar-refractivity contribution is -0.128. The van der Waals surface area contributed by atoms with Crippen molar-refractivity contribution in [2.24, 2.45) is 4.99 Å². The minimum atomic E-state index is 0.102. The number of methoxy groups -OCH3 is 1. The zero-order valence-electron chi connectivity index (χ0n) is 16.4. The predicted molar refractivity (Wildman–Crippen MR) is 106 cm³/mol. The average molecular weight is 361 g/mol. The molecule has 26 heavy (non-hydrogen) atoms. The second-order valence-electron chi connectivity index (χ2n) is 6.42. The Balaban J connectivity index is 1.95. The first-order valence-corrected chi connectivity index (χ1v) is 9.18. The largest absolute Gasteiger partial charge is 0.495 e. The van der Waals surface area contributed by atoms with Crippen LogP contribution in [0.1, 0.15) is 13.3 Å². The van der Waals surface area contributed by atoms with Crippen molar-refractivity contribution in [2.75, 3.05) is 65.4 Å². The number of carbonyl (C=O) groups excluding carboxylic acids is 1. The van der Waals surface area contributed by atoms with Gasteiger partial charge in [0.05, 0.1) is 19.3 Å². The van der Waals surface area contributed by atoms with E-state index in [1.807, 2.05) is 18.2 Å². The van der Waals surface area contributed by atoms with Crippen molar-refractivity contribution in [3.8, 4) is 5.75 Å². The van der Waals surface area contributed by atoms with Gasteiger partial charge in [0.1, 0.15) is 5.75 Å². The van der Waals surface area contributed by atoms with Gasteiger partial charge in [-0.3, -0.25) is 9.79 Å². The van der Waals surface area contributed by atoms with Crippen LogP contribution in [0, 0.1) is 0 Å². The van der Waals surface area contributed by atoms with Gasteiger partial charge in [-0.1, -0.05) is 12.1 Å². The number of nitrogens with zero attached hydrogens (tertiary/aromatic N) is 4. The van der Waals surface area contributed by atoms with E-state index in [0.29, 0.717) is 13.0 Å². The third-order valence-corrected chi connectivity index (χ3v) is 4.43. The number of hydrogen-bond donors (Lipinski definition) is 1. The van der Waals surface area contributed by atoms with Gasteiger partial charge in [0.2, 0.25) is 5.91 Å². The van der Waals surface area contributed by atoms with Crippen LogP contribution in [-0.4, -0.2) is 82.1 Å². The summed E-state index contributed by atoms with van der Waals surface area (Å²) in [4.78, 5) is 22.6. The predicted octanol–water partition coefficient (Wildman–Crippen LogP) is 1.26. The van der Waals surface area contributed by atoms with Gasteiger partial charge in [0.25, 0.3) is 0 Å². The van der Waals surface area contributed by atoms with Crippen molar-refractivity contribution in [2.45, 2.75) is 13.3 Å². The topological polar surface area (TPSA) is 60.4 Å². The highest BCUT2D eigenvalue weighted by Gasteiger charge is 2.21. The first-order chi connectivity index (χ1) is 12.6. The summed E-state index contributed by atoms with van der Waals surface area (Å²) in [5, 5.41) is 3.34. The lowest BCUT2D eigenvalue weighted by Crippen LogP contribution is -2.52. The van der Waals surface area contributed by atoms with Gasteiger partial charge in [-0.25, -0.2) is 0 Å². The Morgan fingerprint density at radius 2 is 1.92 bits per heavy atom. The van der Waals surface area contributed by atoms with E-state index < -0.39 is 0 Å². The number of ether oxygens (including phenoxy) is 1. The fraction of sp³-hybridized carbons (Fsp3) is 0.579. The molecule has 0 unspecified atom stereocenters. The number of nitrogens with one attached hydrogen (secondary N) is 1. The van der Waals surface area contributed by atoms with Gasteiger partial charge in [0.15, 0.2) is 5.96 Å². The van der Waals surface area contributed by atoms with Crippen molar-refractivity contribution < 1.29 is 9.53 Å². The smallest absolute Gasteiger partial charge is 0.223 e. The lowest BCUT2D eigenvalue weighted by atomic mass is 10.2. The Bertz CT molecular complexity index is 610. The van der Waals surface area contributed by atoms with Crippen LogP contribution in [-0.2, 0) is 4.79 Å². The van der Waals surface area contributed by atoms with Gasteiger partial charge in [-0.15, -0.1) is 0 Å². The average Bonchev–Trinajstić information content (AvgIpc) is 2.67. The molecule has 7 nitrogen and oxygen atoms in total. The van der Waals surface area contributed by atoms with Crippen molar-refractivity contribution in [3.63, 3.8) is 0 Å². The maximum atomic E-state index is 11.7. The normalized spacial score (nSPS) is 15.0. The number of aliphatic imine (C=N–C) groups is 1. The number of rotatable bonds is 6. The Hall–Kier alpha value is -2.44. The summed E-state index contributed by atoms with van der Waals surface area (Å²) < 4.78 is 5.48. The van der Waals surface area contributed by atoms with Crippen LogP contribution in [0.15, 0.2) is 29.3 Å². The van der Waals surface area contributed by atoms with Gasteiger partial charge in [0, 0.05) is 53.2 Å². The molecule has 0 aromatic heterocycles. The van der Waals surface area contributed by atoms with E-state index in [2.05, 4.69) is 33.1 Å². The molecule has 1 aliphatic heterocycles. The van der Waals surface area contributed by atoms with Crippen LogP contribution in [0.4, 0.5) is 5.69 Å². The highest BCUT2D eigenvalue weighted by atomic mass is 16.5. The zero-order chi connectivity index (χ0) is 18.9. The molecule has 7 heteroatoms. The van der Waals surface area contributed by atoms with Gasteiger partial charge in [-0.2, -0.15) is 0 Å². The molecular weight excluding hydrogens is 330 g/mol. The van der Waals surface area contributed by atoms with Crippen LogP contribution < -0.4 is 15.0 Å². The fourth-order valence-corrected chi connectivity index (χ4v) is 2.96. The molecule has 1 aromatic rings. The molecular formula is C19H31N5O2. The molecule has 1 aliphatic rings. The molecule has 0 saturated carbocycles. The van der Waals surface area contributed by atoms with E-state index in [1.54, 1.807) is 26.1 Å². The molecule has 1 heterocycles. The maximum absolute atomic E-state index is 11.7. The molecule has 2 rings (SSSR count). The first-order valence-electron chi connectivity index (χ1n) is 9.18. The Labute approximate surface area is 156 Å². The standard InChI is InChI=1S/C19H31N5O2/c1-5-20-19(21-11-10-18(25)22(2)3)24-14-12-23(13-15-24)16-8-6-7-9-17(16)26-4/h6-9H,5,10-15H2,1-4H3,(H,20,21).